The van der Waals surface area contributed by atoms with Gasteiger partial charge in [0, 0.05) is 47.3 Å². The number of fused-ring (bicyclic) bond motifs is 2. The minimum absolute atomic E-state index is 0.0249. The van der Waals surface area contributed by atoms with E-state index in [1.807, 2.05) is 45.2 Å². The molecule has 2 amide bonds. The Labute approximate surface area is 216 Å². The largest absolute Gasteiger partial charge is 0.350 e. The van der Waals surface area contributed by atoms with Gasteiger partial charge < -0.3 is 5.32 Å². The number of carbonyl (C=O) groups is 4. The first-order valence-corrected chi connectivity index (χ1v) is 11.6. The number of rotatable bonds is 5. The fourth-order valence-corrected chi connectivity index (χ4v) is 3.36. The van der Waals surface area contributed by atoms with E-state index >= 15 is 0 Å². The predicted octanol–water partition coefficient (Wildman–Crippen LogP) is 2.32. The molecule has 0 bridgehead atoms. The van der Waals surface area contributed by atoms with E-state index < -0.39 is 5.91 Å². The van der Waals surface area contributed by atoms with Gasteiger partial charge in [-0.1, -0.05) is 60.7 Å². The van der Waals surface area contributed by atoms with Crippen molar-refractivity contribution in [2.45, 2.75) is 26.4 Å². The number of nitrogens with two attached hydrogens (primary N) is 1. The molecule has 0 atom stereocenters. The van der Waals surface area contributed by atoms with Crippen molar-refractivity contribution in [3.63, 3.8) is 0 Å². The van der Waals surface area contributed by atoms with Crippen LogP contribution in [-0.4, -0.2) is 36.5 Å². The molecule has 0 unspecified atom stereocenters. The zero-order valence-corrected chi connectivity index (χ0v) is 21.1. The van der Waals surface area contributed by atoms with Gasteiger partial charge >= 0.3 is 0 Å². The summed E-state index contributed by atoms with van der Waals surface area (Å²) in [4.78, 5) is 45.3. The molecule has 1 aliphatic carbocycles. The zero-order chi connectivity index (χ0) is 27.4. The van der Waals surface area contributed by atoms with Crippen molar-refractivity contribution < 1.29 is 19.2 Å². The fourth-order valence-electron chi connectivity index (χ4n) is 3.36. The number of nitrogens with one attached hydrogen (secondary N) is 4. The van der Waals surface area contributed by atoms with E-state index in [-0.39, 0.29) is 23.5 Å². The van der Waals surface area contributed by atoms with E-state index in [9.17, 15) is 19.2 Å². The summed E-state index contributed by atoms with van der Waals surface area (Å²) in [5.41, 5.74) is 11.5. The lowest BCUT2D eigenvalue weighted by Gasteiger charge is -2.16. The molecule has 0 heterocycles. The molecule has 6 N–H and O–H groups in total. The molecule has 3 aromatic rings. The predicted molar refractivity (Wildman–Crippen MR) is 142 cm³/mol. The monoisotopic (exact) mass is 502 g/mol. The van der Waals surface area contributed by atoms with Gasteiger partial charge in [-0.3, -0.25) is 35.5 Å². The van der Waals surface area contributed by atoms with E-state index in [4.69, 9.17) is 0 Å². The highest BCUT2D eigenvalue weighted by atomic mass is 16.2. The Morgan fingerprint density at radius 2 is 1.22 bits per heavy atom. The minimum Gasteiger partial charge on any atom is -0.350 e. The number of benzene rings is 3. The molecule has 3 aromatic carbocycles. The van der Waals surface area contributed by atoms with Crippen LogP contribution in [0.25, 0.3) is 0 Å². The lowest BCUT2D eigenvalue weighted by molar-refractivity contribution is -0.116. The van der Waals surface area contributed by atoms with Crippen molar-refractivity contribution in [2.24, 2.45) is 5.84 Å². The number of amides is 2. The van der Waals surface area contributed by atoms with Crippen LogP contribution in [0.3, 0.4) is 0 Å². The normalized spacial score (nSPS) is 11.2. The first-order chi connectivity index (χ1) is 17.7. The van der Waals surface area contributed by atoms with E-state index in [0.29, 0.717) is 27.8 Å². The summed E-state index contributed by atoms with van der Waals surface area (Å²) in [6.45, 7) is 7.52. The second kappa shape index (κ2) is 14.4. The topological polar surface area (TPSA) is 142 Å². The minimum atomic E-state index is -0.468. The van der Waals surface area contributed by atoms with Gasteiger partial charge in [-0.2, -0.15) is 0 Å². The smallest absolute Gasteiger partial charge is 0.251 e. The molecule has 0 aliphatic heterocycles. The number of hydrazine groups is 2. The second-order valence-electron chi connectivity index (χ2n) is 8.25. The van der Waals surface area contributed by atoms with Gasteiger partial charge in [-0.15, -0.1) is 0 Å². The third-order valence-electron chi connectivity index (χ3n) is 5.10. The van der Waals surface area contributed by atoms with Crippen molar-refractivity contribution >= 4 is 23.4 Å². The molecule has 0 saturated heterocycles. The molecule has 0 aromatic heterocycles. The summed E-state index contributed by atoms with van der Waals surface area (Å²) >= 11 is 0. The second-order valence-corrected chi connectivity index (χ2v) is 8.25. The van der Waals surface area contributed by atoms with Crippen molar-refractivity contribution in [1.29, 1.82) is 0 Å². The van der Waals surface area contributed by atoms with Gasteiger partial charge in [0.25, 0.3) is 5.91 Å². The van der Waals surface area contributed by atoms with Crippen LogP contribution in [0.4, 0.5) is 0 Å². The summed E-state index contributed by atoms with van der Waals surface area (Å²) in [5.74, 6) is 3.89. The van der Waals surface area contributed by atoms with Gasteiger partial charge in [-0.05, 0) is 38.6 Å². The lowest BCUT2D eigenvalue weighted by atomic mass is 9.84. The van der Waals surface area contributed by atoms with Crippen LogP contribution in [0.1, 0.15) is 61.6 Å². The van der Waals surface area contributed by atoms with E-state index in [0.717, 1.165) is 12.1 Å². The van der Waals surface area contributed by atoms with Crippen LogP contribution >= 0.6 is 0 Å². The Kier molecular flexibility index (Phi) is 11.3. The molecule has 0 fully saturated rings. The molecule has 0 saturated carbocycles. The molecular weight excluding hydrogens is 470 g/mol. The summed E-state index contributed by atoms with van der Waals surface area (Å²) in [6.07, 6.45) is 0. The maximum atomic E-state index is 12.1. The van der Waals surface area contributed by atoms with Crippen molar-refractivity contribution in [3.05, 3.63) is 113 Å². The van der Waals surface area contributed by atoms with Crippen LogP contribution in [0.15, 0.2) is 72.8 Å². The lowest BCUT2D eigenvalue weighted by Crippen LogP contribution is -2.30. The van der Waals surface area contributed by atoms with Gasteiger partial charge in [-0.25, -0.2) is 5.84 Å². The van der Waals surface area contributed by atoms with E-state index in [1.165, 1.54) is 0 Å². The third-order valence-corrected chi connectivity index (χ3v) is 5.10. The molecule has 0 spiro atoms. The van der Waals surface area contributed by atoms with E-state index in [1.54, 1.807) is 54.0 Å². The third kappa shape index (κ3) is 8.46. The quantitative estimate of drug-likeness (QED) is 0.160. The van der Waals surface area contributed by atoms with Crippen LogP contribution in [-0.2, 0) is 11.3 Å². The highest BCUT2D eigenvalue weighted by Crippen LogP contribution is 2.26. The van der Waals surface area contributed by atoms with Gasteiger partial charge in [0.15, 0.2) is 11.6 Å². The van der Waals surface area contributed by atoms with Gasteiger partial charge in [0.2, 0.25) is 5.91 Å². The Morgan fingerprint density at radius 1 is 0.811 bits per heavy atom. The van der Waals surface area contributed by atoms with Crippen LogP contribution in [0.2, 0.25) is 0 Å². The number of carbonyl (C=O) groups excluding carboxylic acids is 4. The molecule has 4 rings (SSSR count). The zero-order valence-electron chi connectivity index (χ0n) is 21.1. The average molecular weight is 503 g/mol. The van der Waals surface area contributed by atoms with Gasteiger partial charge in [0.1, 0.15) is 0 Å². The van der Waals surface area contributed by atoms with Crippen LogP contribution in [0, 0.1) is 6.92 Å². The highest BCUT2D eigenvalue weighted by molar-refractivity contribution is 6.28. The maximum Gasteiger partial charge on any atom is 0.251 e. The number of hydrogen-bond donors (Lipinski definition) is 5. The molecule has 9 nitrogen and oxygen atoms in total. The first-order valence-electron chi connectivity index (χ1n) is 11.6. The molecule has 37 heavy (non-hydrogen) atoms. The summed E-state index contributed by atoms with van der Waals surface area (Å²) in [7, 11) is 1.82. The van der Waals surface area contributed by atoms with E-state index in [2.05, 4.69) is 28.9 Å². The molecule has 9 heteroatoms. The summed E-state index contributed by atoms with van der Waals surface area (Å²) < 4.78 is 0. The molecule has 1 aliphatic rings. The van der Waals surface area contributed by atoms with Crippen molar-refractivity contribution in [3.8, 4) is 0 Å². The Bertz CT molecular complexity index is 1130. The highest BCUT2D eigenvalue weighted by Gasteiger charge is 2.28. The molecule has 1 radical (unpaired) electrons. The standard InChI is InChI=1S/C14H8O2.C12H19N3O.C2H5N2O/c15-13-9-5-1-2-6-10(9)14(16)12-8-4-3-7-11(12)13;1-9(2)15-12(16)11-6-4-10(5-7-11)8-14-13-3;1-2(5)4-3/h1-8H;4-7,9,13-14H,8H2,1-3H3,(H,15,16);1,3H2,(H,4,5). The van der Waals surface area contributed by atoms with Crippen LogP contribution in [0.5, 0.6) is 0 Å². The van der Waals surface area contributed by atoms with Crippen molar-refractivity contribution in [1.82, 2.24) is 21.6 Å². The Morgan fingerprint density at radius 3 is 1.54 bits per heavy atom. The maximum absolute atomic E-state index is 12.1. The Balaban J connectivity index is 0.000000221. The first kappa shape index (κ1) is 29.1. The molecule has 193 valence electrons. The SMILES string of the molecule is CNNCc1ccc(C(=O)NC(C)C)cc1.O=C1c2ccccc2C(=O)c2ccccc21.[CH2]C(=O)NN. The number of hydrogen-bond acceptors (Lipinski definition) is 7. The number of ketones is 2. The van der Waals surface area contributed by atoms with Crippen molar-refractivity contribution in [2.75, 3.05) is 7.05 Å². The average Bonchev–Trinajstić information content (AvgIpc) is 2.91. The molecular formula is C28H32N5O4. The summed E-state index contributed by atoms with van der Waals surface area (Å²) in [5, 5.41) is 2.85. The summed E-state index contributed by atoms with van der Waals surface area (Å²) in [6, 6.07) is 21.6. The van der Waals surface area contributed by atoms with Crippen LogP contribution < -0.4 is 27.4 Å². The Hall–Kier alpha value is -4.18. The van der Waals surface area contributed by atoms with Gasteiger partial charge in [0.05, 0.1) is 0 Å². The fraction of sp³-hybridized carbons (Fsp3) is 0.179.